The highest BCUT2D eigenvalue weighted by atomic mass is 19.1. The predicted molar refractivity (Wildman–Crippen MR) is 48.3 cm³/mol. The lowest BCUT2D eigenvalue weighted by Gasteiger charge is -2.05. The van der Waals surface area contributed by atoms with E-state index in [0.717, 1.165) is 12.8 Å². The zero-order chi connectivity index (χ0) is 9.84. The third-order valence-corrected chi connectivity index (χ3v) is 1.99. The van der Waals surface area contributed by atoms with Crippen LogP contribution in [0.25, 0.3) is 0 Å². The number of rotatable bonds is 3. The molecule has 0 saturated carbocycles. The average Bonchev–Trinajstić information content (AvgIpc) is 2.13. The molecule has 0 heterocycles. The maximum Gasteiger partial charge on any atom is 0.194 e. The van der Waals surface area contributed by atoms with Crippen molar-refractivity contribution in [3.8, 4) is 11.5 Å². The second kappa shape index (κ2) is 4.12. The van der Waals surface area contributed by atoms with Gasteiger partial charge in [-0.25, -0.2) is 4.39 Å². The van der Waals surface area contributed by atoms with Gasteiger partial charge in [0, 0.05) is 0 Å². The molecule has 0 saturated heterocycles. The first-order chi connectivity index (χ1) is 6.16. The van der Waals surface area contributed by atoms with Crippen LogP contribution in [0, 0.1) is 5.82 Å². The molecule has 0 atom stereocenters. The minimum atomic E-state index is -0.780. The van der Waals surface area contributed by atoms with Gasteiger partial charge in [-0.05, 0) is 24.5 Å². The van der Waals surface area contributed by atoms with Crippen molar-refractivity contribution in [2.45, 2.75) is 26.2 Å². The number of benzene rings is 1. The zero-order valence-electron chi connectivity index (χ0n) is 7.55. The van der Waals surface area contributed by atoms with Gasteiger partial charge in [0.2, 0.25) is 0 Å². The Kier molecular flexibility index (Phi) is 3.12. The second-order valence-corrected chi connectivity index (χ2v) is 3.01. The maximum atomic E-state index is 12.7. The molecule has 72 valence electrons. The van der Waals surface area contributed by atoms with Crippen molar-refractivity contribution in [3.63, 3.8) is 0 Å². The lowest BCUT2D eigenvalue weighted by Crippen LogP contribution is -1.88. The van der Waals surface area contributed by atoms with Gasteiger partial charge in [-0.15, -0.1) is 0 Å². The quantitative estimate of drug-likeness (QED) is 0.709. The summed E-state index contributed by atoms with van der Waals surface area (Å²) in [5.74, 6) is -1.75. The number of hydrogen-bond donors (Lipinski definition) is 2. The molecule has 1 aromatic carbocycles. The Morgan fingerprint density at radius 3 is 2.54 bits per heavy atom. The molecule has 0 fully saturated rings. The third kappa shape index (κ3) is 2.11. The number of phenolic OH excluding ortho intramolecular Hbond substituents is 2. The number of phenols is 2. The van der Waals surface area contributed by atoms with E-state index < -0.39 is 11.6 Å². The molecule has 0 aliphatic carbocycles. The van der Waals surface area contributed by atoms with E-state index in [1.54, 1.807) is 0 Å². The summed E-state index contributed by atoms with van der Waals surface area (Å²) in [6.07, 6.45) is 2.58. The lowest BCUT2D eigenvalue weighted by atomic mass is 10.1. The van der Waals surface area contributed by atoms with E-state index in [1.165, 1.54) is 12.1 Å². The highest BCUT2D eigenvalue weighted by molar-refractivity contribution is 5.45. The smallest absolute Gasteiger partial charge is 0.194 e. The van der Waals surface area contributed by atoms with E-state index >= 15 is 0 Å². The summed E-state index contributed by atoms with van der Waals surface area (Å²) in [6.45, 7) is 2.03. The fourth-order valence-electron chi connectivity index (χ4n) is 1.17. The summed E-state index contributed by atoms with van der Waals surface area (Å²) in [7, 11) is 0. The second-order valence-electron chi connectivity index (χ2n) is 3.01. The minimum absolute atomic E-state index is 0.326. The van der Waals surface area contributed by atoms with Crippen molar-refractivity contribution in [3.05, 3.63) is 23.5 Å². The van der Waals surface area contributed by atoms with Crippen molar-refractivity contribution in [2.24, 2.45) is 0 Å². The molecule has 0 aromatic heterocycles. The molecular formula is C10H13FO2. The molecule has 13 heavy (non-hydrogen) atoms. The largest absolute Gasteiger partial charge is 0.504 e. The fraction of sp³-hybridized carbons (Fsp3) is 0.400. The van der Waals surface area contributed by atoms with Gasteiger partial charge in [0.15, 0.2) is 17.3 Å². The summed E-state index contributed by atoms with van der Waals surface area (Å²) in [5.41, 5.74) is 0.598. The van der Waals surface area contributed by atoms with Crippen molar-refractivity contribution in [1.29, 1.82) is 0 Å². The van der Waals surface area contributed by atoms with Gasteiger partial charge >= 0.3 is 0 Å². The molecule has 0 aliphatic heterocycles. The first-order valence-electron chi connectivity index (χ1n) is 4.36. The van der Waals surface area contributed by atoms with Crippen LogP contribution in [-0.2, 0) is 6.42 Å². The third-order valence-electron chi connectivity index (χ3n) is 1.99. The van der Waals surface area contributed by atoms with Gasteiger partial charge in [-0.1, -0.05) is 19.4 Å². The normalized spacial score (nSPS) is 10.3. The topological polar surface area (TPSA) is 40.5 Å². The average molecular weight is 184 g/mol. The fourth-order valence-corrected chi connectivity index (χ4v) is 1.17. The monoisotopic (exact) mass is 184 g/mol. The molecule has 2 N–H and O–H groups in total. The molecular weight excluding hydrogens is 171 g/mol. The van der Waals surface area contributed by atoms with Crippen LogP contribution in [0.15, 0.2) is 12.1 Å². The van der Waals surface area contributed by atoms with Crippen LogP contribution in [0.2, 0.25) is 0 Å². The van der Waals surface area contributed by atoms with Crippen LogP contribution in [0.1, 0.15) is 25.3 Å². The Morgan fingerprint density at radius 2 is 1.92 bits per heavy atom. The van der Waals surface area contributed by atoms with Crippen LogP contribution in [0.5, 0.6) is 11.5 Å². The summed E-state index contributed by atoms with van der Waals surface area (Å²) in [4.78, 5) is 0. The zero-order valence-corrected chi connectivity index (χ0v) is 7.55. The molecule has 2 nitrogen and oxygen atoms in total. The van der Waals surface area contributed by atoms with E-state index in [-0.39, 0.29) is 5.75 Å². The molecule has 3 heteroatoms. The van der Waals surface area contributed by atoms with E-state index in [9.17, 15) is 9.50 Å². The van der Waals surface area contributed by atoms with Crippen LogP contribution in [0.4, 0.5) is 4.39 Å². The molecule has 1 aromatic rings. The standard InChI is InChI=1S/C10H13FO2/c1-2-3-4-7-5-6-8(11)10(13)9(7)12/h5-6,12-13H,2-4H2,1H3. The molecule has 0 spiro atoms. The predicted octanol–water partition coefficient (Wildman–Crippen LogP) is 2.58. The van der Waals surface area contributed by atoms with Crippen LogP contribution >= 0.6 is 0 Å². The molecule has 0 radical (unpaired) electrons. The van der Waals surface area contributed by atoms with Crippen molar-refractivity contribution < 1.29 is 14.6 Å². The van der Waals surface area contributed by atoms with Gasteiger partial charge in [-0.3, -0.25) is 0 Å². The molecule has 1 rings (SSSR count). The van der Waals surface area contributed by atoms with Crippen LogP contribution < -0.4 is 0 Å². The van der Waals surface area contributed by atoms with E-state index in [4.69, 9.17) is 5.11 Å². The Balaban J connectivity index is 2.90. The first kappa shape index (κ1) is 9.84. The Labute approximate surface area is 76.6 Å². The van der Waals surface area contributed by atoms with Crippen LogP contribution in [0.3, 0.4) is 0 Å². The summed E-state index contributed by atoms with van der Waals surface area (Å²) < 4.78 is 12.7. The van der Waals surface area contributed by atoms with Gasteiger partial charge in [-0.2, -0.15) is 0 Å². The maximum absolute atomic E-state index is 12.7. The van der Waals surface area contributed by atoms with Crippen molar-refractivity contribution >= 4 is 0 Å². The van der Waals surface area contributed by atoms with Gasteiger partial charge < -0.3 is 10.2 Å². The van der Waals surface area contributed by atoms with Crippen molar-refractivity contribution in [2.75, 3.05) is 0 Å². The number of aryl methyl sites for hydroxylation is 1. The Morgan fingerprint density at radius 1 is 1.23 bits per heavy atom. The molecule has 0 unspecified atom stereocenters. The van der Waals surface area contributed by atoms with Crippen LogP contribution in [-0.4, -0.2) is 10.2 Å². The van der Waals surface area contributed by atoms with Gasteiger partial charge in [0.1, 0.15) is 0 Å². The van der Waals surface area contributed by atoms with E-state index in [2.05, 4.69) is 0 Å². The van der Waals surface area contributed by atoms with Gasteiger partial charge in [0.25, 0.3) is 0 Å². The Bertz CT molecular complexity index is 297. The Hall–Kier alpha value is -1.25. The summed E-state index contributed by atoms with van der Waals surface area (Å²) >= 11 is 0. The lowest BCUT2D eigenvalue weighted by molar-refractivity contribution is 0.375. The molecule has 0 bridgehead atoms. The highest BCUT2D eigenvalue weighted by Crippen LogP contribution is 2.32. The number of unbranched alkanes of at least 4 members (excludes halogenated alkanes) is 1. The number of halogens is 1. The number of aromatic hydroxyl groups is 2. The van der Waals surface area contributed by atoms with Gasteiger partial charge in [0.05, 0.1) is 0 Å². The summed E-state index contributed by atoms with van der Waals surface area (Å²) in [5, 5.41) is 18.4. The highest BCUT2D eigenvalue weighted by Gasteiger charge is 2.10. The summed E-state index contributed by atoms with van der Waals surface area (Å²) in [6, 6.07) is 2.67. The van der Waals surface area contributed by atoms with E-state index in [1.807, 2.05) is 6.92 Å². The van der Waals surface area contributed by atoms with E-state index in [0.29, 0.717) is 12.0 Å². The first-order valence-corrected chi connectivity index (χ1v) is 4.36. The number of hydrogen-bond acceptors (Lipinski definition) is 2. The minimum Gasteiger partial charge on any atom is -0.504 e. The molecule has 0 aliphatic rings. The SMILES string of the molecule is CCCCc1ccc(F)c(O)c1O. The van der Waals surface area contributed by atoms with Crippen molar-refractivity contribution in [1.82, 2.24) is 0 Å². The molecule has 0 amide bonds.